The molecule has 1 aliphatic carbocycles. The summed E-state index contributed by atoms with van der Waals surface area (Å²) in [6.45, 7) is 0. The second kappa shape index (κ2) is 3.59. The van der Waals surface area contributed by atoms with E-state index in [2.05, 4.69) is 0 Å². The van der Waals surface area contributed by atoms with E-state index in [1.54, 1.807) is 18.2 Å². The first-order valence-corrected chi connectivity index (χ1v) is 4.87. The summed E-state index contributed by atoms with van der Waals surface area (Å²) in [7, 11) is 0. The van der Waals surface area contributed by atoms with Gasteiger partial charge >= 0.3 is 5.97 Å². The first kappa shape index (κ1) is 10.6. The Kier molecular flexibility index (Phi) is 2.38. The number of benzene rings is 1. The van der Waals surface area contributed by atoms with E-state index in [9.17, 15) is 14.1 Å². The van der Waals surface area contributed by atoms with Crippen LogP contribution in [0.4, 0.5) is 10.2 Å². The van der Waals surface area contributed by atoms with Gasteiger partial charge < -0.3 is 5.11 Å². The number of carboxylic acids is 1. The quantitative estimate of drug-likeness (QED) is 0.627. The van der Waals surface area contributed by atoms with Crippen LogP contribution in [0, 0.1) is 5.41 Å². The number of anilines is 1. The third-order valence-electron chi connectivity index (χ3n) is 2.73. The van der Waals surface area contributed by atoms with Crippen LogP contribution in [0.15, 0.2) is 30.3 Å². The molecule has 5 heteroatoms. The van der Waals surface area contributed by atoms with Crippen molar-refractivity contribution in [3.8, 4) is 0 Å². The van der Waals surface area contributed by atoms with E-state index in [1.807, 2.05) is 0 Å². The number of hydrogen-bond acceptors (Lipinski definition) is 2. The van der Waals surface area contributed by atoms with Crippen molar-refractivity contribution in [3.63, 3.8) is 0 Å². The molecule has 0 radical (unpaired) electrons. The molecule has 84 valence electrons. The lowest BCUT2D eigenvalue weighted by Crippen LogP contribution is -2.36. The maximum atomic E-state index is 13.6. The molecule has 1 amide bonds. The monoisotopic (exact) mass is 223 g/mol. The Bertz CT molecular complexity index is 428. The van der Waals surface area contributed by atoms with Gasteiger partial charge in [-0.2, -0.15) is 0 Å². The largest absolute Gasteiger partial charge is 0.480 e. The smallest absolute Gasteiger partial charge is 0.319 e. The molecule has 0 heterocycles. The number of carbonyl (C=O) groups excluding carboxylic acids is 1. The summed E-state index contributed by atoms with van der Waals surface area (Å²) < 4.78 is 13.6. The zero-order valence-corrected chi connectivity index (χ0v) is 8.39. The number of para-hydroxylation sites is 1. The Labute approximate surface area is 91.2 Å². The van der Waals surface area contributed by atoms with Crippen LogP contribution in [0.5, 0.6) is 0 Å². The molecular weight excluding hydrogens is 213 g/mol. The number of rotatable bonds is 3. The molecule has 0 aromatic heterocycles. The van der Waals surface area contributed by atoms with Crippen LogP contribution in [-0.4, -0.2) is 17.0 Å². The van der Waals surface area contributed by atoms with Crippen molar-refractivity contribution in [2.24, 2.45) is 5.41 Å². The second-order valence-electron chi connectivity index (χ2n) is 3.81. The van der Waals surface area contributed by atoms with E-state index in [-0.39, 0.29) is 23.7 Å². The van der Waals surface area contributed by atoms with E-state index in [0.717, 1.165) is 0 Å². The first-order valence-electron chi connectivity index (χ1n) is 4.87. The van der Waals surface area contributed by atoms with Gasteiger partial charge in [0.1, 0.15) is 5.41 Å². The number of carbonyl (C=O) groups is 2. The van der Waals surface area contributed by atoms with Gasteiger partial charge in [-0.15, -0.1) is 5.12 Å². The lowest BCUT2D eigenvalue weighted by molar-refractivity contribution is -0.149. The van der Waals surface area contributed by atoms with Gasteiger partial charge in [0.15, 0.2) is 0 Å². The second-order valence-corrected chi connectivity index (χ2v) is 3.81. The van der Waals surface area contributed by atoms with Crippen LogP contribution < -0.4 is 5.12 Å². The predicted octanol–water partition coefficient (Wildman–Crippen LogP) is 1.77. The highest BCUT2D eigenvalue weighted by atomic mass is 19.2. The molecule has 16 heavy (non-hydrogen) atoms. The highest BCUT2D eigenvalue weighted by Gasteiger charge is 2.59. The maximum absolute atomic E-state index is 13.6. The Morgan fingerprint density at radius 2 is 1.81 bits per heavy atom. The molecule has 1 fully saturated rings. The average Bonchev–Trinajstić information content (AvgIpc) is 3.09. The van der Waals surface area contributed by atoms with Gasteiger partial charge in [-0.05, 0) is 25.0 Å². The molecule has 1 aromatic rings. The topological polar surface area (TPSA) is 57.6 Å². The molecule has 0 bridgehead atoms. The van der Waals surface area contributed by atoms with E-state index < -0.39 is 17.3 Å². The third-order valence-corrected chi connectivity index (χ3v) is 2.73. The molecular formula is C11H10FNO3. The van der Waals surface area contributed by atoms with Gasteiger partial charge in [0.2, 0.25) is 0 Å². The molecule has 1 saturated carbocycles. The summed E-state index contributed by atoms with van der Waals surface area (Å²) in [5.74, 6) is -2.25. The molecule has 4 nitrogen and oxygen atoms in total. The Balaban J connectivity index is 2.21. The van der Waals surface area contributed by atoms with Crippen molar-refractivity contribution >= 4 is 17.6 Å². The lowest BCUT2D eigenvalue weighted by atomic mass is 10.1. The summed E-state index contributed by atoms with van der Waals surface area (Å²) >= 11 is 0. The third kappa shape index (κ3) is 1.54. The zero-order valence-electron chi connectivity index (χ0n) is 8.39. The number of hydrogen-bond donors (Lipinski definition) is 1. The molecule has 1 aliphatic rings. The van der Waals surface area contributed by atoms with Crippen molar-refractivity contribution in [2.75, 3.05) is 5.12 Å². The Hall–Kier alpha value is -1.91. The normalized spacial score (nSPS) is 16.6. The predicted molar refractivity (Wildman–Crippen MR) is 54.3 cm³/mol. The van der Waals surface area contributed by atoms with E-state index in [4.69, 9.17) is 5.11 Å². The van der Waals surface area contributed by atoms with E-state index in [1.165, 1.54) is 12.1 Å². The van der Waals surface area contributed by atoms with Crippen LogP contribution in [0.1, 0.15) is 12.8 Å². The van der Waals surface area contributed by atoms with Crippen molar-refractivity contribution in [2.45, 2.75) is 12.8 Å². The summed E-state index contributed by atoms with van der Waals surface area (Å²) in [5, 5.41) is 8.77. The number of nitrogens with zero attached hydrogens (tertiary/aromatic N) is 1. The van der Waals surface area contributed by atoms with Crippen LogP contribution in [-0.2, 0) is 9.59 Å². The maximum Gasteiger partial charge on any atom is 0.319 e. The van der Waals surface area contributed by atoms with Crippen molar-refractivity contribution in [3.05, 3.63) is 30.3 Å². The van der Waals surface area contributed by atoms with Gasteiger partial charge in [-0.1, -0.05) is 22.7 Å². The first-order chi connectivity index (χ1) is 7.58. The molecule has 0 aliphatic heterocycles. The Morgan fingerprint density at radius 3 is 2.25 bits per heavy atom. The van der Waals surface area contributed by atoms with Crippen LogP contribution in [0.3, 0.4) is 0 Å². The highest BCUT2D eigenvalue weighted by Crippen LogP contribution is 2.48. The molecule has 0 spiro atoms. The van der Waals surface area contributed by atoms with Crippen molar-refractivity contribution in [1.29, 1.82) is 0 Å². The van der Waals surface area contributed by atoms with Crippen LogP contribution in [0.2, 0.25) is 0 Å². The molecule has 0 saturated heterocycles. The van der Waals surface area contributed by atoms with Crippen LogP contribution >= 0.6 is 0 Å². The number of carboxylic acid groups (broad SMARTS) is 1. The summed E-state index contributed by atoms with van der Waals surface area (Å²) in [4.78, 5) is 22.5. The fourth-order valence-corrected chi connectivity index (χ4v) is 1.51. The molecule has 1 aromatic carbocycles. The minimum absolute atomic E-state index is 0.0556. The summed E-state index contributed by atoms with van der Waals surface area (Å²) in [6.07, 6.45) is 0.406. The van der Waals surface area contributed by atoms with Crippen molar-refractivity contribution in [1.82, 2.24) is 0 Å². The standard InChI is InChI=1S/C11H10FNO3/c12-13(8-4-2-1-3-5-8)9(14)11(6-7-11)10(15)16/h1-5H,6-7H2,(H,15,16). The van der Waals surface area contributed by atoms with E-state index >= 15 is 0 Å². The summed E-state index contributed by atoms with van der Waals surface area (Å²) in [6, 6.07) is 7.67. The van der Waals surface area contributed by atoms with Gasteiger partial charge in [0.05, 0.1) is 5.69 Å². The van der Waals surface area contributed by atoms with Gasteiger partial charge in [-0.3, -0.25) is 9.59 Å². The minimum Gasteiger partial charge on any atom is -0.480 e. The number of halogens is 1. The molecule has 2 rings (SSSR count). The van der Waals surface area contributed by atoms with E-state index in [0.29, 0.717) is 0 Å². The number of amides is 1. The Morgan fingerprint density at radius 1 is 1.25 bits per heavy atom. The SMILES string of the molecule is O=C(O)C1(C(=O)N(F)c2ccccc2)CC1. The lowest BCUT2D eigenvalue weighted by Gasteiger charge is -2.15. The zero-order chi connectivity index (χ0) is 11.8. The highest BCUT2D eigenvalue weighted by molar-refractivity contribution is 6.10. The van der Waals surface area contributed by atoms with Gasteiger partial charge in [0, 0.05) is 0 Å². The van der Waals surface area contributed by atoms with Gasteiger partial charge in [0.25, 0.3) is 5.91 Å². The van der Waals surface area contributed by atoms with Gasteiger partial charge in [-0.25, -0.2) is 0 Å². The van der Waals surface area contributed by atoms with Crippen molar-refractivity contribution < 1.29 is 19.2 Å². The van der Waals surface area contributed by atoms with Crippen LogP contribution in [0.25, 0.3) is 0 Å². The summed E-state index contributed by atoms with van der Waals surface area (Å²) in [5.41, 5.74) is -1.48. The molecule has 1 N–H and O–H groups in total. The minimum atomic E-state index is -1.54. The molecule has 0 unspecified atom stereocenters. The fraction of sp³-hybridized carbons (Fsp3) is 0.273. The fourth-order valence-electron chi connectivity index (χ4n) is 1.51. The molecule has 0 atom stereocenters. The average molecular weight is 223 g/mol. The number of aliphatic carboxylic acids is 1.